The molecule has 3 fully saturated rings. The van der Waals surface area contributed by atoms with E-state index in [2.05, 4.69) is 126 Å². The van der Waals surface area contributed by atoms with Crippen molar-refractivity contribution in [1.29, 1.82) is 0 Å². The largest absolute Gasteiger partial charge is 0.404 e. The van der Waals surface area contributed by atoms with Gasteiger partial charge in [0, 0.05) is 16.9 Å². The molecular weight excluding hydrogens is 513 g/mol. The summed E-state index contributed by atoms with van der Waals surface area (Å²) in [4.78, 5) is 15.2. The number of Topliss-reactive ketones (excluding diaryl/α,β-unsaturated/α-hetero) is 1. The lowest BCUT2D eigenvalue weighted by molar-refractivity contribution is -0.123. The molecule has 6 rings (SSSR count). The summed E-state index contributed by atoms with van der Waals surface area (Å²) >= 11 is 1.82. The summed E-state index contributed by atoms with van der Waals surface area (Å²) in [5, 5.41) is 2.69. The lowest BCUT2D eigenvalue weighted by Gasteiger charge is -2.46. The monoisotopic (exact) mass is 554 g/mol. The highest BCUT2D eigenvalue weighted by molar-refractivity contribution is 8.00. The molecule has 0 radical (unpaired) electrons. The number of carbonyl (C=O) groups excluding carboxylic acids is 1. The molecule has 0 aromatic heterocycles. The van der Waals surface area contributed by atoms with E-state index in [9.17, 15) is 4.79 Å². The van der Waals surface area contributed by atoms with Crippen LogP contribution in [0.1, 0.15) is 47.5 Å². The number of hydrogen-bond acceptors (Lipinski definition) is 3. The Bertz CT molecular complexity index is 1250. The van der Waals surface area contributed by atoms with Crippen LogP contribution in [0.25, 0.3) is 0 Å². The van der Waals surface area contributed by atoms with Gasteiger partial charge < -0.3 is 4.43 Å². The molecule has 39 heavy (non-hydrogen) atoms. The molecule has 2 nitrogen and oxygen atoms in total. The number of ketones is 1. The molecule has 0 amide bonds. The fraction of sp³-hybridized carbons (Fsp3) is 0.457. The third-order valence-electron chi connectivity index (χ3n) is 9.80. The van der Waals surface area contributed by atoms with E-state index in [-0.39, 0.29) is 22.3 Å². The van der Waals surface area contributed by atoms with Crippen LogP contribution in [-0.4, -0.2) is 25.5 Å². The van der Waals surface area contributed by atoms with E-state index < -0.39 is 8.32 Å². The Kier molecular flexibility index (Phi) is 7.18. The highest BCUT2D eigenvalue weighted by Gasteiger charge is 2.69. The van der Waals surface area contributed by atoms with Crippen LogP contribution in [0.5, 0.6) is 0 Å². The van der Waals surface area contributed by atoms with Crippen LogP contribution in [0.3, 0.4) is 0 Å². The SMILES string of the molecule is CC(C)[C@H]1[C@@H]2C(=O)C(Sc3ccccc3)[C@H]3CC[C@H](O[Si](c4ccccc4)(c4ccccc4)C(C)(C)C)[C@H]3[C@@H]21. The first-order valence-corrected chi connectivity index (χ1v) is 17.6. The highest BCUT2D eigenvalue weighted by atomic mass is 32.2. The molecule has 3 aromatic rings. The standard InChI is InChI=1S/C35H42O2SSi/c1-23(2)29-31-30-27(34(33(36)32(29)31)38-24-15-9-6-10-16-24)21-22-28(30)37-39(35(3,4)5,25-17-11-7-12-18-25)26-19-13-8-14-20-26/h6-20,23,27-32,34H,21-22H2,1-5H3/t27-,28-,29+,30-,31-,32-,34?/m0/s1. The molecule has 204 valence electrons. The zero-order chi connectivity index (χ0) is 27.4. The molecule has 3 saturated carbocycles. The van der Waals surface area contributed by atoms with Crippen LogP contribution in [0.4, 0.5) is 0 Å². The molecule has 0 N–H and O–H groups in total. The average Bonchev–Trinajstić information content (AvgIpc) is 3.56. The maximum Gasteiger partial charge on any atom is 0.261 e. The van der Waals surface area contributed by atoms with Gasteiger partial charge in [0.2, 0.25) is 0 Å². The molecule has 3 aliphatic rings. The third-order valence-corrected chi connectivity index (χ3v) is 16.2. The maximum atomic E-state index is 14.0. The molecule has 7 atom stereocenters. The van der Waals surface area contributed by atoms with Gasteiger partial charge in [-0.1, -0.05) is 113 Å². The quantitative estimate of drug-likeness (QED) is 0.289. The highest BCUT2D eigenvalue weighted by Crippen LogP contribution is 2.67. The second kappa shape index (κ2) is 10.4. The minimum absolute atomic E-state index is 0.0372. The summed E-state index contributed by atoms with van der Waals surface area (Å²) < 4.78 is 7.78. The number of carbonyl (C=O) groups is 1. The fourth-order valence-electron chi connectivity index (χ4n) is 8.25. The van der Waals surface area contributed by atoms with Crippen molar-refractivity contribution in [2.75, 3.05) is 0 Å². The number of benzene rings is 3. The van der Waals surface area contributed by atoms with E-state index in [4.69, 9.17) is 4.43 Å². The van der Waals surface area contributed by atoms with E-state index in [1.54, 1.807) is 0 Å². The summed E-state index contributed by atoms with van der Waals surface area (Å²) in [5.74, 6) is 3.05. The van der Waals surface area contributed by atoms with Crippen molar-refractivity contribution < 1.29 is 9.22 Å². The minimum Gasteiger partial charge on any atom is -0.404 e. The Labute approximate surface area is 240 Å². The van der Waals surface area contributed by atoms with Crippen LogP contribution in [-0.2, 0) is 9.22 Å². The smallest absolute Gasteiger partial charge is 0.261 e. The van der Waals surface area contributed by atoms with Crippen molar-refractivity contribution in [2.24, 2.45) is 35.5 Å². The molecule has 3 aliphatic carbocycles. The molecular formula is C35H42O2SSi. The summed E-state index contributed by atoms with van der Waals surface area (Å²) in [6.45, 7) is 11.8. The molecule has 1 unspecified atom stereocenters. The van der Waals surface area contributed by atoms with Crippen LogP contribution in [0.15, 0.2) is 95.9 Å². The van der Waals surface area contributed by atoms with Crippen molar-refractivity contribution in [1.82, 2.24) is 0 Å². The molecule has 0 spiro atoms. The first-order valence-electron chi connectivity index (χ1n) is 14.8. The zero-order valence-corrected chi connectivity index (χ0v) is 25.7. The summed E-state index contributed by atoms with van der Waals surface area (Å²) in [7, 11) is -2.66. The van der Waals surface area contributed by atoms with Gasteiger partial charge in [0.15, 0.2) is 0 Å². The van der Waals surface area contributed by atoms with Crippen LogP contribution < -0.4 is 10.4 Å². The summed E-state index contributed by atoms with van der Waals surface area (Å²) in [5.41, 5.74) is 0. The van der Waals surface area contributed by atoms with Crippen LogP contribution >= 0.6 is 11.8 Å². The van der Waals surface area contributed by atoms with Gasteiger partial charge in [0.25, 0.3) is 8.32 Å². The Balaban J connectivity index is 1.41. The summed E-state index contributed by atoms with van der Waals surface area (Å²) in [6.07, 6.45) is 2.31. The van der Waals surface area contributed by atoms with Gasteiger partial charge in [-0.3, -0.25) is 4.79 Å². The third kappa shape index (κ3) is 4.57. The van der Waals surface area contributed by atoms with Gasteiger partial charge in [0.05, 0.1) is 5.25 Å². The van der Waals surface area contributed by atoms with Gasteiger partial charge in [-0.2, -0.15) is 0 Å². The lowest BCUT2D eigenvalue weighted by Crippen LogP contribution is -2.68. The second-order valence-electron chi connectivity index (χ2n) is 13.3. The van der Waals surface area contributed by atoms with E-state index in [1.807, 2.05) is 11.8 Å². The average molecular weight is 555 g/mol. The van der Waals surface area contributed by atoms with Crippen molar-refractivity contribution >= 4 is 36.2 Å². The molecule has 0 aliphatic heterocycles. The van der Waals surface area contributed by atoms with Gasteiger partial charge in [-0.15, -0.1) is 11.8 Å². The van der Waals surface area contributed by atoms with Crippen molar-refractivity contribution in [2.45, 2.75) is 68.7 Å². The van der Waals surface area contributed by atoms with Crippen molar-refractivity contribution in [3.63, 3.8) is 0 Å². The van der Waals surface area contributed by atoms with Crippen molar-refractivity contribution in [3.8, 4) is 0 Å². The first kappa shape index (κ1) is 27.0. The van der Waals surface area contributed by atoms with E-state index in [0.29, 0.717) is 35.4 Å². The Morgan fingerprint density at radius 3 is 1.85 bits per heavy atom. The first-order chi connectivity index (χ1) is 18.7. The van der Waals surface area contributed by atoms with Crippen molar-refractivity contribution in [3.05, 3.63) is 91.0 Å². The molecule has 0 bridgehead atoms. The minimum atomic E-state index is -2.66. The molecule has 3 aromatic carbocycles. The Morgan fingerprint density at radius 2 is 1.33 bits per heavy atom. The number of rotatable bonds is 7. The Hall–Kier alpha value is -2.14. The fourth-order valence-corrected chi connectivity index (χ4v) is 14.4. The van der Waals surface area contributed by atoms with E-state index in [0.717, 1.165) is 12.8 Å². The number of hydrogen-bond donors (Lipinski definition) is 0. The molecule has 0 heterocycles. The zero-order valence-electron chi connectivity index (χ0n) is 23.9. The number of fused-ring (bicyclic) bond motifs is 3. The van der Waals surface area contributed by atoms with Crippen LogP contribution in [0, 0.1) is 35.5 Å². The maximum absolute atomic E-state index is 14.0. The van der Waals surface area contributed by atoms with Gasteiger partial charge in [-0.25, -0.2) is 0 Å². The Morgan fingerprint density at radius 1 is 0.795 bits per heavy atom. The number of thioether (sulfide) groups is 1. The van der Waals surface area contributed by atoms with Gasteiger partial charge in [-0.05, 0) is 70.0 Å². The van der Waals surface area contributed by atoms with Gasteiger partial charge >= 0.3 is 0 Å². The predicted octanol–water partition coefficient (Wildman–Crippen LogP) is 7.22. The van der Waals surface area contributed by atoms with Crippen LogP contribution in [0.2, 0.25) is 5.04 Å². The topological polar surface area (TPSA) is 26.3 Å². The predicted molar refractivity (Wildman–Crippen MR) is 165 cm³/mol. The second-order valence-corrected chi connectivity index (χ2v) is 18.8. The molecule has 0 saturated heterocycles. The lowest BCUT2D eigenvalue weighted by atomic mass is 9.79. The molecule has 4 heteroatoms. The summed E-state index contributed by atoms with van der Waals surface area (Å²) in [6, 6.07) is 32.7. The van der Waals surface area contributed by atoms with E-state index >= 15 is 0 Å². The van der Waals surface area contributed by atoms with Gasteiger partial charge in [0.1, 0.15) is 5.78 Å². The van der Waals surface area contributed by atoms with E-state index in [1.165, 1.54) is 15.3 Å². The normalized spacial score (nSPS) is 30.2.